The molecule has 0 amide bonds. The maximum Gasteiger partial charge on any atom is 0.225 e. The number of aryl methyl sites for hydroxylation is 1. The van der Waals surface area contributed by atoms with E-state index in [-0.39, 0.29) is 0 Å². The first-order valence-corrected chi connectivity index (χ1v) is 10.7. The van der Waals surface area contributed by atoms with Crippen LogP contribution in [0.1, 0.15) is 25.3 Å². The highest BCUT2D eigenvalue weighted by Gasteiger charge is 2.22. The van der Waals surface area contributed by atoms with E-state index in [1.165, 1.54) is 0 Å². The molecule has 0 N–H and O–H groups in total. The van der Waals surface area contributed by atoms with Gasteiger partial charge in [-0.3, -0.25) is 0 Å². The van der Waals surface area contributed by atoms with Crippen molar-refractivity contribution in [2.75, 3.05) is 0 Å². The molecule has 9 heteroatoms. The lowest BCUT2D eigenvalue weighted by molar-refractivity contribution is 0.496. The SMILES string of the molecule is CCCCn1nnc(-c2nn(-c3ccc(Cl)cc3Cl)c(-c3ccc(Cl)cc3)c2C)n1. The van der Waals surface area contributed by atoms with E-state index in [1.807, 2.05) is 37.3 Å². The minimum absolute atomic E-state index is 0.475. The molecule has 0 aliphatic carbocycles. The highest BCUT2D eigenvalue weighted by Crippen LogP contribution is 2.35. The van der Waals surface area contributed by atoms with Crippen LogP contribution in [0.5, 0.6) is 0 Å². The number of tetrazole rings is 1. The van der Waals surface area contributed by atoms with Crippen molar-refractivity contribution in [2.24, 2.45) is 0 Å². The Morgan fingerprint density at radius 1 is 0.933 bits per heavy atom. The van der Waals surface area contributed by atoms with E-state index in [0.29, 0.717) is 32.3 Å². The van der Waals surface area contributed by atoms with E-state index in [4.69, 9.17) is 39.9 Å². The molecule has 2 heterocycles. The minimum Gasteiger partial charge on any atom is -0.231 e. The molecule has 0 spiro atoms. The van der Waals surface area contributed by atoms with E-state index < -0.39 is 0 Å². The van der Waals surface area contributed by atoms with Crippen LogP contribution in [0.2, 0.25) is 15.1 Å². The molecule has 0 aliphatic rings. The summed E-state index contributed by atoms with van der Waals surface area (Å²) >= 11 is 18.7. The molecule has 2 aromatic heterocycles. The smallest absolute Gasteiger partial charge is 0.225 e. The normalized spacial score (nSPS) is 11.2. The van der Waals surface area contributed by atoms with E-state index in [2.05, 4.69) is 22.3 Å². The van der Waals surface area contributed by atoms with Crippen molar-refractivity contribution >= 4 is 34.8 Å². The van der Waals surface area contributed by atoms with Gasteiger partial charge < -0.3 is 0 Å². The Bertz CT molecular complexity index is 1180. The van der Waals surface area contributed by atoms with Gasteiger partial charge in [0.1, 0.15) is 5.69 Å². The largest absolute Gasteiger partial charge is 0.231 e. The molecule has 0 saturated carbocycles. The molecule has 0 radical (unpaired) electrons. The summed E-state index contributed by atoms with van der Waals surface area (Å²) in [5, 5.41) is 19.4. The first kappa shape index (κ1) is 20.8. The van der Waals surface area contributed by atoms with Crippen LogP contribution in [0.25, 0.3) is 28.5 Å². The molecule has 0 unspecified atom stereocenters. The van der Waals surface area contributed by atoms with Crippen LogP contribution in [-0.4, -0.2) is 30.0 Å². The Morgan fingerprint density at radius 3 is 2.37 bits per heavy atom. The second-order valence-electron chi connectivity index (χ2n) is 6.90. The summed E-state index contributed by atoms with van der Waals surface area (Å²) in [6.45, 7) is 4.83. The number of hydrogen-bond acceptors (Lipinski definition) is 4. The van der Waals surface area contributed by atoms with Gasteiger partial charge in [0.05, 0.1) is 22.9 Å². The quantitative estimate of drug-likeness (QED) is 0.340. The van der Waals surface area contributed by atoms with Crippen molar-refractivity contribution < 1.29 is 0 Å². The van der Waals surface area contributed by atoms with Gasteiger partial charge in [-0.25, -0.2) is 4.68 Å². The molecule has 0 saturated heterocycles. The van der Waals surface area contributed by atoms with Gasteiger partial charge in [0, 0.05) is 21.2 Å². The second kappa shape index (κ2) is 8.76. The number of rotatable bonds is 6. The molecule has 30 heavy (non-hydrogen) atoms. The average Bonchev–Trinajstić information content (AvgIpc) is 3.32. The van der Waals surface area contributed by atoms with Gasteiger partial charge in [-0.2, -0.15) is 9.90 Å². The van der Waals surface area contributed by atoms with Crippen LogP contribution in [-0.2, 0) is 6.54 Å². The summed E-state index contributed by atoms with van der Waals surface area (Å²) in [4.78, 5) is 1.61. The number of unbranched alkanes of at least 4 members (excludes halogenated alkanes) is 1. The standard InChI is InChI=1S/C21H19Cl3N6/c1-3-4-11-29-27-21(25-28-29)19-13(2)20(14-5-7-15(22)8-6-14)30(26-19)18-10-9-16(23)12-17(18)24/h5-10,12H,3-4,11H2,1-2H3. The van der Waals surface area contributed by atoms with Gasteiger partial charge in [-0.1, -0.05) is 60.3 Å². The number of nitrogens with zero attached hydrogens (tertiary/aromatic N) is 6. The minimum atomic E-state index is 0.475. The van der Waals surface area contributed by atoms with Crippen molar-refractivity contribution in [2.45, 2.75) is 33.2 Å². The highest BCUT2D eigenvalue weighted by molar-refractivity contribution is 6.35. The third-order valence-corrected chi connectivity index (χ3v) is 5.54. The predicted molar refractivity (Wildman–Crippen MR) is 120 cm³/mol. The number of aromatic nitrogens is 6. The molecule has 154 valence electrons. The van der Waals surface area contributed by atoms with E-state index in [0.717, 1.165) is 36.2 Å². The Balaban J connectivity index is 1.89. The lowest BCUT2D eigenvalue weighted by atomic mass is 10.1. The van der Waals surface area contributed by atoms with Crippen LogP contribution in [0.15, 0.2) is 42.5 Å². The topological polar surface area (TPSA) is 61.4 Å². The fraction of sp³-hybridized carbons (Fsp3) is 0.238. The van der Waals surface area contributed by atoms with Gasteiger partial charge >= 0.3 is 0 Å². The average molecular weight is 462 g/mol. The fourth-order valence-corrected chi connectivity index (χ4v) is 3.83. The van der Waals surface area contributed by atoms with Gasteiger partial charge in [-0.05, 0) is 48.9 Å². The van der Waals surface area contributed by atoms with Crippen LogP contribution in [0.3, 0.4) is 0 Å². The molecule has 0 atom stereocenters. The number of benzene rings is 2. The molecule has 4 rings (SSSR count). The Kier molecular flexibility index (Phi) is 6.09. The van der Waals surface area contributed by atoms with Crippen molar-refractivity contribution in [3.8, 4) is 28.5 Å². The van der Waals surface area contributed by atoms with E-state index >= 15 is 0 Å². The summed E-state index contributed by atoms with van der Waals surface area (Å²) in [5.74, 6) is 0.475. The van der Waals surface area contributed by atoms with Crippen LogP contribution in [0, 0.1) is 6.92 Å². The third-order valence-electron chi connectivity index (χ3n) is 4.75. The highest BCUT2D eigenvalue weighted by atomic mass is 35.5. The molecule has 0 aliphatic heterocycles. The third kappa shape index (κ3) is 4.08. The van der Waals surface area contributed by atoms with Gasteiger partial charge in [0.15, 0.2) is 0 Å². The Hall–Kier alpha value is -2.41. The Labute approximate surface area is 189 Å². The summed E-state index contributed by atoms with van der Waals surface area (Å²) in [7, 11) is 0. The molecular formula is C21H19Cl3N6. The van der Waals surface area contributed by atoms with E-state index in [1.54, 1.807) is 21.6 Å². The molecule has 0 fully saturated rings. The zero-order valence-corrected chi connectivity index (χ0v) is 18.7. The second-order valence-corrected chi connectivity index (χ2v) is 8.18. The summed E-state index contributed by atoms with van der Waals surface area (Å²) < 4.78 is 1.79. The van der Waals surface area contributed by atoms with Crippen molar-refractivity contribution in [3.63, 3.8) is 0 Å². The van der Waals surface area contributed by atoms with Crippen LogP contribution < -0.4 is 0 Å². The van der Waals surface area contributed by atoms with Gasteiger partial charge in [-0.15, -0.1) is 10.2 Å². The zero-order valence-electron chi connectivity index (χ0n) is 16.5. The maximum absolute atomic E-state index is 6.50. The molecule has 6 nitrogen and oxygen atoms in total. The molecular weight excluding hydrogens is 443 g/mol. The van der Waals surface area contributed by atoms with Crippen molar-refractivity contribution in [3.05, 3.63) is 63.1 Å². The summed E-state index contributed by atoms with van der Waals surface area (Å²) in [5.41, 5.74) is 4.08. The monoisotopic (exact) mass is 460 g/mol. The number of hydrogen-bond donors (Lipinski definition) is 0. The molecule has 2 aromatic carbocycles. The van der Waals surface area contributed by atoms with Gasteiger partial charge in [0.2, 0.25) is 5.82 Å². The van der Waals surface area contributed by atoms with Crippen molar-refractivity contribution in [1.82, 2.24) is 30.0 Å². The summed E-state index contributed by atoms with van der Waals surface area (Å²) in [6.07, 6.45) is 2.04. The maximum atomic E-state index is 6.50. The van der Waals surface area contributed by atoms with Crippen LogP contribution in [0.4, 0.5) is 0 Å². The van der Waals surface area contributed by atoms with E-state index in [9.17, 15) is 0 Å². The van der Waals surface area contributed by atoms with Gasteiger partial charge in [0.25, 0.3) is 0 Å². The summed E-state index contributed by atoms with van der Waals surface area (Å²) in [6, 6.07) is 12.9. The first-order chi connectivity index (χ1) is 14.5. The van der Waals surface area contributed by atoms with Crippen LogP contribution >= 0.6 is 34.8 Å². The lowest BCUT2D eigenvalue weighted by Crippen LogP contribution is -2.02. The zero-order chi connectivity index (χ0) is 21.3. The number of halogens is 3. The molecule has 4 aromatic rings. The molecule has 0 bridgehead atoms. The fourth-order valence-electron chi connectivity index (χ4n) is 3.21. The first-order valence-electron chi connectivity index (χ1n) is 9.57. The predicted octanol–water partition coefficient (Wildman–Crippen LogP) is 6.26. The van der Waals surface area contributed by atoms with Crippen molar-refractivity contribution in [1.29, 1.82) is 0 Å². The Morgan fingerprint density at radius 2 is 1.67 bits per heavy atom. The lowest BCUT2D eigenvalue weighted by Gasteiger charge is -2.11.